The highest BCUT2D eigenvalue weighted by molar-refractivity contribution is 5.59. The zero-order valence-corrected chi connectivity index (χ0v) is 8.28. The van der Waals surface area contributed by atoms with Gasteiger partial charge in [-0.3, -0.25) is 4.68 Å². The largest absolute Gasteiger partial charge is 0.269 e. The van der Waals surface area contributed by atoms with Gasteiger partial charge in [-0.05, 0) is 43.2 Å². The van der Waals surface area contributed by atoms with Crippen molar-refractivity contribution in [1.82, 2.24) is 9.78 Å². The van der Waals surface area contributed by atoms with Crippen molar-refractivity contribution < 1.29 is 4.39 Å². The Kier molecular flexibility index (Phi) is 1.84. The number of aromatic nitrogens is 2. The minimum atomic E-state index is -0.203. The maximum Gasteiger partial charge on any atom is 0.123 e. The number of rotatable bonds is 1. The van der Waals surface area contributed by atoms with E-state index < -0.39 is 0 Å². The van der Waals surface area contributed by atoms with Crippen LogP contribution >= 0.6 is 0 Å². The molecule has 0 unspecified atom stereocenters. The van der Waals surface area contributed by atoms with E-state index in [-0.39, 0.29) is 5.82 Å². The minimum Gasteiger partial charge on any atom is -0.269 e. The van der Waals surface area contributed by atoms with Crippen LogP contribution in [-0.4, -0.2) is 9.78 Å². The quantitative estimate of drug-likeness (QED) is 0.695. The normalized spacial score (nSPS) is 14.2. The number of benzene rings is 1. The Labute approximate surface area is 87.4 Å². The second kappa shape index (κ2) is 3.19. The highest BCUT2D eigenvalue weighted by Gasteiger charge is 2.14. The first kappa shape index (κ1) is 8.65. The van der Waals surface area contributed by atoms with Crippen LogP contribution in [0.3, 0.4) is 0 Å². The van der Waals surface area contributed by atoms with Crippen LogP contribution in [-0.2, 0) is 13.0 Å². The fourth-order valence-electron chi connectivity index (χ4n) is 2.02. The van der Waals surface area contributed by atoms with Crippen LogP contribution in [0.25, 0.3) is 11.3 Å². The van der Waals surface area contributed by atoms with Crippen LogP contribution < -0.4 is 0 Å². The average Bonchev–Trinajstić information content (AvgIpc) is 2.78. The first-order chi connectivity index (χ1) is 7.33. The molecule has 0 N–H and O–H groups in total. The lowest BCUT2D eigenvalue weighted by Gasteiger charge is -1.96. The van der Waals surface area contributed by atoms with Crippen LogP contribution in [0.5, 0.6) is 0 Å². The van der Waals surface area contributed by atoms with Crippen molar-refractivity contribution in [1.29, 1.82) is 0 Å². The molecule has 0 saturated heterocycles. The standard InChI is InChI=1S/C12H11FN2/c13-10-5-3-9(4-6-10)12-8-11-2-1-7-15(11)14-12/h3-6,8H,1-2,7H2. The number of nitrogens with zero attached hydrogens (tertiary/aromatic N) is 2. The van der Waals surface area contributed by atoms with Crippen molar-refractivity contribution in [2.24, 2.45) is 0 Å². The Morgan fingerprint density at radius 1 is 1.20 bits per heavy atom. The average molecular weight is 202 g/mol. The molecule has 3 rings (SSSR count). The summed E-state index contributed by atoms with van der Waals surface area (Å²) in [4.78, 5) is 0. The Morgan fingerprint density at radius 2 is 2.00 bits per heavy atom. The van der Waals surface area contributed by atoms with Crippen LogP contribution in [0, 0.1) is 5.82 Å². The highest BCUT2D eigenvalue weighted by Crippen LogP contribution is 2.23. The lowest BCUT2D eigenvalue weighted by molar-refractivity contribution is 0.628. The zero-order valence-electron chi connectivity index (χ0n) is 8.28. The summed E-state index contributed by atoms with van der Waals surface area (Å²) < 4.78 is 14.8. The van der Waals surface area contributed by atoms with Crippen molar-refractivity contribution in [3.05, 3.63) is 41.8 Å². The summed E-state index contributed by atoms with van der Waals surface area (Å²) in [5.41, 5.74) is 3.22. The number of halogens is 1. The maximum atomic E-state index is 12.7. The third-order valence-electron chi connectivity index (χ3n) is 2.81. The summed E-state index contributed by atoms with van der Waals surface area (Å²) in [6.07, 6.45) is 2.29. The molecule has 0 amide bonds. The van der Waals surface area contributed by atoms with Gasteiger partial charge in [0.05, 0.1) is 5.69 Å². The van der Waals surface area contributed by atoms with Crippen molar-refractivity contribution in [3.8, 4) is 11.3 Å². The molecule has 0 atom stereocenters. The van der Waals surface area contributed by atoms with Gasteiger partial charge in [0.1, 0.15) is 5.82 Å². The van der Waals surface area contributed by atoms with E-state index in [0.29, 0.717) is 0 Å². The van der Waals surface area contributed by atoms with Crippen molar-refractivity contribution in [3.63, 3.8) is 0 Å². The summed E-state index contributed by atoms with van der Waals surface area (Å²) in [5, 5.41) is 4.48. The molecule has 0 bridgehead atoms. The summed E-state index contributed by atoms with van der Waals surface area (Å²) in [6.45, 7) is 1.01. The van der Waals surface area contributed by atoms with Gasteiger partial charge in [0, 0.05) is 17.8 Å². The van der Waals surface area contributed by atoms with Crippen molar-refractivity contribution in [2.75, 3.05) is 0 Å². The van der Waals surface area contributed by atoms with E-state index in [4.69, 9.17) is 0 Å². The number of fused-ring (bicyclic) bond motifs is 1. The molecular formula is C12H11FN2. The smallest absolute Gasteiger partial charge is 0.123 e. The van der Waals surface area contributed by atoms with Crippen LogP contribution in [0.15, 0.2) is 30.3 Å². The predicted octanol–water partition coefficient (Wildman–Crippen LogP) is 2.64. The summed E-state index contributed by atoms with van der Waals surface area (Å²) in [6, 6.07) is 8.58. The second-order valence-corrected chi connectivity index (χ2v) is 3.85. The monoisotopic (exact) mass is 202 g/mol. The lowest BCUT2D eigenvalue weighted by Crippen LogP contribution is -1.94. The Hall–Kier alpha value is -1.64. The molecule has 0 aliphatic carbocycles. The second-order valence-electron chi connectivity index (χ2n) is 3.85. The topological polar surface area (TPSA) is 17.8 Å². The van der Waals surface area contributed by atoms with Gasteiger partial charge in [-0.1, -0.05) is 0 Å². The van der Waals surface area contributed by atoms with Crippen LogP contribution in [0.1, 0.15) is 12.1 Å². The van der Waals surface area contributed by atoms with Gasteiger partial charge < -0.3 is 0 Å². The molecular weight excluding hydrogens is 191 g/mol. The van der Waals surface area contributed by atoms with Gasteiger partial charge in [-0.15, -0.1) is 0 Å². The van der Waals surface area contributed by atoms with E-state index in [9.17, 15) is 4.39 Å². The molecule has 2 heterocycles. The van der Waals surface area contributed by atoms with Crippen molar-refractivity contribution in [2.45, 2.75) is 19.4 Å². The lowest BCUT2D eigenvalue weighted by atomic mass is 10.1. The van der Waals surface area contributed by atoms with E-state index in [2.05, 4.69) is 11.2 Å². The predicted molar refractivity (Wildman–Crippen MR) is 55.9 cm³/mol. The fraction of sp³-hybridized carbons (Fsp3) is 0.250. The number of hydrogen-bond donors (Lipinski definition) is 0. The highest BCUT2D eigenvalue weighted by atomic mass is 19.1. The molecule has 0 spiro atoms. The molecule has 2 aromatic rings. The van der Waals surface area contributed by atoms with Gasteiger partial charge in [-0.2, -0.15) is 5.10 Å². The van der Waals surface area contributed by atoms with Gasteiger partial charge in [0.2, 0.25) is 0 Å². The molecule has 0 radical (unpaired) electrons. The zero-order chi connectivity index (χ0) is 10.3. The molecule has 0 fully saturated rings. The van der Waals surface area contributed by atoms with Crippen molar-refractivity contribution >= 4 is 0 Å². The molecule has 1 aromatic heterocycles. The van der Waals surface area contributed by atoms with Gasteiger partial charge in [-0.25, -0.2) is 4.39 Å². The molecule has 1 aromatic carbocycles. The molecule has 1 aliphatic heterocycles. The van der Waals surface area contributed by atoms with Crippen LogP contribution in [0.4, 0.5) is 4.39 Å². The Balaban J connectivity index is 2.02. The van der Waals surface area contributed by atoms with E-state index in [1.165, 1.54) is 24.2 Å². The minimum absolute atomic E-state index is 0.203. The Morgan fingerprint density at radius 3 is 2.73 bits per heavy atom. The van der Waals surface area contributed by atoms with Gasteiger partial charge in [0.25, 0.3) is 0 Å². The third kappa shape index (κ3) is 1.44. The first-order valence-corrected chi connectivity index (χ1v) is 5.15. The van der Waals surface area contributed by atoms with E-state index in [0.717, 1.165) is 24.2 Å². The first-order valence-electron chi connectivity index (χ1n) is 5.15. The third-order valence-corrected chi connectivity index (χ3v) is 2.81. The molecule has 1 aliphatic rings. The SMILES string of the molecule is Fc1ccc(-c2cc3n(n2)CCC3)cc1. The molecule has 0 saturated carbocycles. The van der Waals surface area contributed by atoms with Gasteiger partial charge >= 0.3 is 0 Å². The van der Waals surface area contributed by atoms with E-state index in [1.807, 2.05) is 4.68 Å². The fourth-order valence-corrected chi connectivity index (χ4v) is 2.02. The maximum absolute atomic E-state index is 12.7. The Bertz CT molecular complexity index is 463. The summed E-state index contributed by atoms with van der Waals surface area (Å²) in [7, 11) is 0. The van der Waals surface area contributed by atoms with Crippen LogP contribution in [0.2, 0.25) is 0 Å². The summed E-state index contributed by atoms with van der Waals surface area (Å²) >= 11 is 0. The number of aryl methyl sites for hydroxylation is 2. The van der Waals surface area contributed by atoms with E-state index in [1.54, 1.807) is 12.1 Å². The molecule has 3 heteroatoms. The summed E-state index contributed by atoms with van der Waals surface area (Å²) in [5.74, 6) is -0.203. The molecule has 76 valence electrons. The van der Waals surface area contributed by atoms with E-state index >= 15 is 0 Å². The molecule has 2 nitrogen and oxygen atoms in total. The molecule has 15 heavy (non-hydrogen) atoms. The number of hydrogen-bond acceptors (Lipinski definition) is 1. The van der Waals surface area contributed by atoms with Gasteiger partial charge in [0.15, 0.2) is 0 Å².